The molecule has 1 aliphatic carbocycles. The largest absolute Gasteiger partial charge is 0.461 e. The highest BCUT2D eigenvalue weighted by Gasteiger charge is 2.27. The molecule has 2 aliphatic rings. The second-order valence-electron chi connectivity index (χ2n) is 4.24. The zero-order chi connectivity index (χ0) is 10.3. The monoisotopic (exact) mass is 202 g/mol. The van der Waals surface area contributed by atoms with E-state index in [1.807, 2.05) is 18.2 Å². The molecule has 0 aromatic heterocycles. The molecule has 1 atom stereocenters. The van der Waals surface area contributed by atoms with Crippen molar-refractivity contribution in [2.45, 2.75) is 31.8 Å². The summed E-state index contributed by atoms with van der Waals surface area (Å²) < 4.78 is 5.83. The van der Waals surface area contributed by atoms with Crippen molar-refractivity contribution in [3.63, 3.8) is 0 Å². The van der Waals surface area contributed by atoms with Crippen molar-refractivity contribution < 1.29 is 9.84 Å². The van der Waals surface area contributed by atoms with Gasteiger partial charge in [0, 0.05) is 18.4 Å². The fraction of sp³-hybridized carbons (Fsp3) is 0.385. The van der Waals surface area contributed by atoms with Gasteiger partial charge in [0.05, 0.1) is 6.10 Å². The molecule has 0 amide bonds. The highest BCUT2D eigenvalue weighted by Crippen LogP contribution is 2.36. The Hall–Kier alpha value is -1.28. The predicted octanol–water partition coefficient (Wildman–Crippen LogP) is 2.42. The van der Waals surface area contributed by atoms with E-state index < -0.39 is 0 Å². The molecular formula is C13H14O2. The Balaban J connectivity index is 2.00. The molecule has 1 heterocycles. The van der Waals surface area contributed by atoms with Crippen molar-refractivity contribution >= 4 is 0 Å². The van der Waals surface area contributed by atoms with Crippen LogP contribution in [0.3, 0.4) is 0 Å². The fourth-order valence-corrected chi connectivity index (χ4v) is 2.40. The number of rotatable bonds is 0. The van der Waals surface area contributed by atoms with E-state index in [0.29, 0.717) is 0 Å². The molecule has 1 aromatic carbocycles. The fourth-order valence-electron chi connectivity index (χ4n) is 2.40. The zero-order valence-corrected chi connectivity index (χ0v) is 8.57. The molecule has 0 bridgehead atoms. The Bertz CT molecular complexity index is 420. The van der Waals surface area contributed by atoms with Crippen molar-refractivity contribution in [2.24, 2.45) is 0 Å². The number of allylic oxidation sites excluding steroid dienone is 1. The van der Waals surface area contributed by atoms with Gasteiger partial charge in [0.25, 0.3) is 0 Å². The minimum Gasteiger partial charge on any atom is -0.461 e. The first-order valence-electron chi connectivity index (χ1n) is 5.50. The smallest absolute Gasteiger partial charge is 0.130 e. The summed E-state index contributed by atoms with van der Waals surface area (Å²) in [5.41, 5.74) is 2.29. The number of fused-ring (bicyclic) bond motifs is 1. The van der Waals surface area contributed by atoms with Gasteiger partial charge in [0.1, 0.15) is 11.5 Å². The second kappa shape index (κ2) is 3.38. The minimum atomic E-state index is -0.290. The molecule has 0 fully saturated rings. The van der Waals surface area contributed by atoms with Crippen molar-refractivity contribution in [2.75, 3.05) is 0 Å². The maximum absolute atomic E-state index is 9.89. The molecule has 0 saturated heterocycles. The molecule has 78 valence electrons. The molecular weight excluding hydrogens is 188 g/mol. The average molecular weight is 202 g/mol. The first-order valence-corrected chi connectivity index (χ1v) is 5.50. The first-order chi connectivity index (χ1) is 7.34. The van der Waals surface area contributed by atoms with Gasteiger partial charge < -0.3 is 9.84 Å². The van der Waals surface area contributed by atoms with Crippen LogP contribution >= 0.6 is 0 Å². The standard InChI is InChI=1S/C13H14O2/c14-11-5-3-7-13-10(11)8-9-4-1-2-6-12(9)15-13/h1-2,4,6,11,14H,3,5,7-8H2/t11-/m0/s1. The van der Waals surface area contributed by atoms with E-state index in [9.17, 15) is 5.11 Å². The number of benzene rings is 1. The lowest BCUT2D eigenvalue weighted by molar-refractivity contribution is 0.169. The van der Waals surface area contributed by atoms with Gasteiger partial charge in [-0.25, -0.2) is 0 Å². The average Bonchev–Trinajstić information content (AvgIpc) is 2.27. The number of para-hydroxylation sites is 1. The lowest BCUT2D eigenvalue weighted by Crippen LogP contribution is -2.24. The Labute approximate surface area is 89.2 Å². The Morgan fingerprint density at radius 2 is 2.13 bits per heavy atom. The first kappa shape index (κ1) is 8.98. The number of hydrogen-bond acceptors (Lipinski definition) is 2. The van der Waals surface area contributed by atoms with Crippen LogP contribution in [-0.4, -0.2) is 11.2 Å². The maximum atomic E-state index is 9.89. The van der Waals surface area contributed by atoms with E-state index in [0.717, 1.165) is 42.8 Å². The van der Waals surface area contributed by atoms with Crippen LogP contribution < -0.4 is 4.74 Å². The van der Waals surface area contributed by atoms with E-state index in [-0.39, 0.29) is 6.10 Å². The minimum absolute atomic E-state index is 0.290. The van der Waals surface area contributed by atoms with E-state index in [2.05, 4.69) is 6.07 Å². The van der Waals surface area contributed by atoms with E-state index in [4.69, 9.17) is 4.74 Å². The summed E-state index contributed by atoms with van der Waals surface area (Å²) in [5, 5.41) is 9.89. The van der Waals surface area contributed by atoms with Crippen LogP contribution in [-0.2, 0) is 6.42 Å². The summed E-state index contributed by atoms with van der Waals surface area (Å²) >= 11 is 0. The predicted molar refractivity (Wildman–Crippen MR) is 57.7 cm³/mol. The zero-order valence-electron chi connectivity index (χ0n) is 8.57. The highest BCUT2D eigenvalue weighted by atomic mass is 16.5. The molecule has 0 saturated carbocycles. The number of aliphatic hydroxyl groups is 1. The Morgan fingerprint density at radius 1 is 1.27 bits per heavy atom. The summed E-state index contributed by atoms with van der Waals surface area (Å²) in [5.74, 6) is 1.97. The van der Waals surface area contributed by atoms with Gasteiger partial charge in [0.2, 0.25) is 0 Å². The third-order valence-electron chi connectivity index (χ3n) is 3.23. The van der Waals surface area contributed by atoms with E-state index in [1.165, 1.54) is 5.56 Å². The molecule has 2 heteroatoms. The van der Waals surface area contributed by atoms with Gasteiger partial charge in [-0.05, 0) is 24.5 Å². The summed E-state index contributed by atoms with van der Waals surface area (Å²) in [6.07, 6.45) is 3.45. The van der Waals surface area contributed by atoms with Crippen LogP contribution in [0.2, 0.25) is 0 Å². The highest BCUT2D eigenvalue weighted by molar-refractivity contribution is 5.43. The number of aliphatic hydroxyl groups excluding tert-OH is 1. The molecule has 1 N–H and O–H groups in total. The van der Waals surface area contributed by atoms with Gasteiger partial charge in [0.15, 0.2) is 0 Å². The van der Waals surface area contributed by atoms with Crippen LogP contribution in [0.1, 0.15) is 24.8 Å². The summed E-state index contributed by atoms with van der Waals surface area (Å²) in [6.45, 7) is 0. The van der Waals surface area contributed by atoms with Crippen LogP contribution in [0.25, 0.3) is 0 Å². The van der Waals surface area contributed by atoms with Gasteiger partial charge in [-0.15, -0.1) is 0 Å². The second-order valence-corrected chi connectivity index (χ2v) is 4.24. The maximum Gasteiger partial charge on any atom is 0.130 e. The van der Waals surface area contributed by atoms with Crippen LogP contribution in [0, 0.1) is 0 Å². The molecule has 2 nitrogen and oxygen atoms in total. The van der Waals surface area contributed by atoms with Crippen molar-refractivity contribution in [3.05, 3.63) is 41.2 Å². The van der Waals surface area contributed by atoms with Gasteiger partial charge in [-0.2, -0.15) is 0 Å². The van der Waals surface area contributed by atoms with E-state index >= 15 is 0 Å². The third-order valence-corrected chi connectivity index (χ3v) is 3.23. The third kappa shape index (κ3) is 1.45. The molecule has 0 radical (unpaired) electrons. The van der Waals surface area contributed by atoms with Crippen molar-refractivity contribution in [1.82, 2.24) is 0 Å². The summed E-state index contributed by atoms with van der Waals surface area (Å²) in [4.78, 5) is 0. The van der Waals surface area contributed by atoms with E-state index in [1.54, 1.807) is 0 Å². The SMILES string of the molecule is O[C@H]1CCCC2=C1Cc1ccccc1O2. The van der Waals surface area contributed by atoms with Crippen molar-refractivity contribution in [1.29, 1.82) is 0 Å². The van der Waals surface area contributed by atoms with Crippen molar-refractivity contribution in [3.8, 4) is 5.75 Å². The van der Waals surface area contributed by atoms with Crippen LogP contribution in [0.4, 0.5) is 0 Å². The normalized spacial score (nSPS) is 24.2. The topological polar surface area (TPSA) is 29.5 Å². The Morgan fingerprint density at radius 3 is 3.07 bits per heavy atom. The number of hydrogen-bond donors (Lipinski definition) is 1. The molecule has 0 unspecified atom stereocenters. The van der Waals surface area contributed by atoms with Gasteiger partial charge in [-0.1, -0.05) is 18.2 Å². The summed E-state index contributed by atoms with van der Waals surface area (Å²) in [6, 6.07) is 8.08. The molecule has 0 spiro atoms. The Kier molecular flexibility index (Phi) is 2.03. The van der Waals surface area contributed by atoms with Crippen LogP contribution in [0.5, 0.6) is 5.75 Å². The lowest BCUT2D eigenvalue weighted by atomic mass is 9.88. The van der Waals surface area contributed by atoms with Gasteiger partial charge >= 0.3 is 0 Å². The molecule has 1 aliphatic heterocycles. The van der Waals surface area contributed by atoms with Crippen LogP contribution in [0.15, 0.2) is 35.6 Å². The summed E-state index contributed by atoms with van der Waals surface area (Å²) in [7, 11) is 0. The number of ether oxygens (including phenoxy) is 1. The molecule has 1 aromatic rings. The molecule has 15 heavy (non-hydrogen) atoms. The quantitative estimate of drug-likeness (QED) is 0.700. The van der Waals surface area contributed by atoms with Gasteiger partial charge in [-0.3, -0.25) is 0 Å². The molecule has 3 rings (SSSR count). The lowest BCUT2D eigenvalue weighted by Gasteiger charge is -2.29.